The smallest absolute Gasteiger partial charge is 0.0654 e. The lowest BCUT2D eigenvalue weighted by atomic mass is 10.1. The average Bonchev–Trinajstić information content (AvgIpc) is 2.48. The molecule has 0 atom stereocenters. The third-order valence-electron chi connectivity index (χ3n) is 1.59. The SMILES string of the molecule is C=C(C)/C=C(/N=CCC)C(=C)CC.CC.CC.CC. The van der Waals surface area contributed by atoms with Crippen LogP contribution in [0.1, 0.15) is 75.2 Å². The second kappa shape index (κ2) is 25.7. The van der Waals surface area contributed by atoms with Gasteiger partial charge in [0.05, 0.1) is 5.70 Å². The van der Waals surface area contributed by atoms with Crippen LogP contribution >= 0.6 is 0 Å². The summed E-state index contributed by atoms with van der Waals surface area (Å²) in [6.45, 7) is 25.9. The van der Waals surface area contributed by atoms with Gasteiger partial charge in [0.1, 0.15) is 0 Å². The summed E-state index contributed by atoms with van der Waals surface area (Å²) in [6.07, 6.45) is 5.75. The molecule has 114 valence electrons. The van der Waals surface area contributed by atoms with Gasteiger partial charge in [-0.3, -0.25) is 4.99 Å². The molecule has 0 saturated heterocycles. The Morgan fingerprint density at radius 2 is 1.37 bits per heavy atom. The Morgan fingerprint density at radius 1 is 0.947 bits per heavy atom. The summed E-state index contributed by atoms with van der Waals surface area (Å²) in [5.41, 5.74) is 3.03. The van der Waals surface area contributed by atoms with E-state index in [1.165, 1.54) is 0 Å². The zero-order valence-electron chi connectivity index (χ0n) is 14.9. The molecule has 0 saturated carbocycles. The van der Waals surface area contributed by atoms with Crippen LogP contribution in [0.25, 0.3) is 0 Å². The van der Waals surface area contributed by atoms with E-state index in [9.17, 15) is 0 Å². The fourth-order valence-corrected chi connectivity index (χ4v) is 0.835. The van der Waals surface area contributed by atoms with Gasteiger partial charge >= 0.3 is 0 Å². The van der Waals surface area contributed by atoms with E-state index in [0.29, 0.717) is 0 Å². The van der Waals surface area contributed by atoms with Gasteiger partial charge in [-0.05, 0) is 31.4 Å². The topological polar surface area (TPSA) is 12.4 Å². The van der Waals surface area contributed by atoms with Gasteiger partial charge < -0.3 is 0 Å². The molecular formula is C18H37N. The predicted octanol–water partition coefficient (Wildman–Crippen LogP) is 6.97. The zero-order chi connectivity index (χ0) is 16.3. The van der Waals surface area contributed by atoms with Crippen LogP contribution < -0.4 is 0 Å². The molecule has 0 aliphatic heterocycles. The highest BCUT2D eigenvalue weighted by Crippen LogP contribution is 2.14. The molecule has 0 bridgehead atoms. The standard InChI is InChI=1S/C12H19N.3C2H6/c1-6-8-13-12(9-10(3)4)11(5)7-2;3*1-2/h8-9H,3,5-7H2,1-2,4H3;3*1-2H3/b12-9+,13-8?;;;. The first kappa shape index (κ1) is 26.5. The Morgan fingerprint density at radius 3 is 1.63 bits per heavy atom. The Labute approximate surface area is 123 Å². The van der Waals surface area contributed by atoms with Crippen LogP contribution in [0, 0.1) is 0 Å². The Balaban J connectivity index is -0.000000163. The van der Waals surface area contributed by atoms with Crippen molar-refractivity contribution in [3.05, 3.63) is 36.1 Å². The summed E-state index contributed by atoms with van der Waals surface area (Å²) in [7, 11) is 0. The van der Waals surface area contributed by atoms with Crippen molar-refractivity contribution in [1.29, 1.82) is 0 Å². The van der Waals surface area contributed by atoms with E-state index in [0.717, 1.165) is 29.7 Å². The lowest BCUT2D eigenvalue weighted by Crippen LogP contribution is -1.85. The molecule has 0 aromatic carbocycles. The van der Waals surface area contributed by atoms with Gasteiger partial charge in [-0.2, -0.15) is 0 Å². The van der Waals surface area contributed by atoms with Crippen LogP contribution in [-0.2, 0) is 0 Å². The summed E-state index contributed by atoms with van der Waals surface area (Å²) >= 11 is 0. The van der Waals surface area contributed by atoms with Gasteiger partial charge in [0.2, 0.25) is 0 Å². The lowest BCUT2D eigenvalue weighted by Gasteiger charge is -2.02. The van der Waals surface area contributed by atoms with E-state index in [4.69, 9.17) is 0 Å². The molecule has 0 unspecified atom stereocenters. The predicted molar refractivity (Wildman–Crippen MR) is 95.2 cm³/mol. The quantitative estimate of drug-likeness (QED) is 0.376. The van der Waals surface area contributed by atoms with Crippen molar-refractivity contribution in [2.45, 2.75) is 75.2 Å². The minimum Gasteiger partial charge on any atom is -0.261 e. The summed E-state index contributed by atoms with van der Waals surface area (Å²) in [5.74, 6) is 0. The van der Waals surface area contributed by atoms with Crippen LogP contribution in [0.3, 0.4) is 0 Å². The van der Waals surface area contributed by atoms with Crippen LogP contribution in [0.2, 0.25) is 0 Å². The van der Waals surface area contributed by atoms with E-state index < -0.39 is 0 Å². The Bertz CT molecular complexity index is 244. The van der Waals surface area contributed by atoms with Crippen molar-refractivity contribution in [3.8, 4) is 0 Å². The normalized spacial score (nSPS) is 9.21. The van der Waals surface area contributed by atoms with Gasteiger partial charge in [-0.15, -0.1) is 0 Å². The molecule has 1 heteroatoms. The molecular weight excluding hydrogens is 230 g/mol. The van der Waals surface area contributed by atoms with E-state index in [2.05, 4.69) is 32.0 Å². The number of allylic oxidation sites excluding steroid dienone is 3. The summed E-state index contributed by atoms with van der Waals surface area (Å²) < 4.78 is 0. The fraction of sp³-hybridized carbons (Fsp3) is 0.611. The monoisotopic (exact) mass is 267 g/mol. The molecule has 19 heavy (non-hydrogen) atoms. The van der Waals surface area contributed by atoms with Crippen molar-refractivity contribution >= 4 is 6.21 Å². The summed E-state index contributed by atoms with van der Waals surface area (Å²) in [5, 5.41) is 0. The third-order valence-corrected chi connectivity index (χ3v) is 1.59. The highest BCUT2D eigenvalue weighted by Gasteiger charge is 1.96. The maximum Gasteiger partial charge on any atom is 0.0654 e. The highest BCUT2D eigenvalue weighted by molar-refractivity contribution is 5.60. The first-order valence-corrected chi connectivity index (χ1v) is 7.69. The van der Waals surface area contributed by atoms with E-state index in [-0.39, 0.29) is 0 Å². The molecule has 1 nitrogen and oxygen atoms in total. The van der Waals surface area contributed by atoms with Crippen molar-refractivity contribution in [1.82, 2.24) is 0 Å². The summed E-state index contributed by atoms with van der Waals surface area (Å²) in [6, 6.07) is 0. The Hall–Kier alpha value is -1.11. The molecule has 0 aliphatic rings. The second-order valence-electron chi connectivity index (χ2n) is 3.05. The number of nitrogens with zero attached hydrogens (tertiary/aromatic N) is 1. The van der Waals surface area contributed by atoms with Crippen molar-refractivity contribution in [2.75, 3.05) is 0 Å². The molecule has 0 heterocycles. The second-order valence-corrected chi connectivity index (χ2v) is 3.05. The van der Waals surface area contributed by atoms with Gasteiger partial charge in [0.15, 0.2) is 0 Å². The third kappa shape index (κ3) is 22.5. The molecule has 0 spiro atoms. The molecule has 0 N–H and O–H groups in total. The number of rotatable bonds is 5. The van der Waals surface area contributed by atoms with E-state index >= 15 is 0 Å². The molecule has 0 aromatic rings. The minimum atomic E-state index is 0.931. The number of hydrogen-bond donors (Lipinski definition) is 0. The van der Waals surface area contributed by atoms with Gasteiger partial charge in [0, 0.05) is 6.21 Å². The zero-order valence-corrected chi connectivity index (χ0v) is 14.9. The van der Waals surface area contributed by atoms with Crippen molar-refractivity contribution in [2.24, 2.45) is 4.99 Å². The maximum absolute atomic E-state index is 4.33. The lowest BCUT2D eigenvalue weighted by molar-refractivity contribution is 1.09. The van der Waals surface area contributed by atoms with Crippen LogP contribution in [0.15, 0.2) is 41.1 Å². The highest BCUT2D eigenvalue weighted by atomic mass is 14.7. The minimum absolute atomic E-state index is 0.931. The molecule has 0 rings (SSSR count). The van der Waals surface area contributed by atoms with Crippen molar-refractivity contribution < 1.29 is 0 Å². The van der Waals surface area contributed by atoms with Gasteiger partial charge in [-0.25, -0.2) is 0 Å². The van der Waals surface area contributed by atoms with Crippen molar-refractivity contribution in [3.63, 3.8) is 0 Å². The average molecular weight is 268 g/mol. The maximum atomic E-state index is 4.33. The van der Waals surface area contributed by atoms with Crippen LogP contribution in [0.4, 0.5) is 0 Å². The largest absolute Gasteiger partial charge is 0.261 e. The van der Waals surface area contributed by atoms with Crippen LogP contribution in [-0.4, -0.2) is 6.21 Å². The molecule has 0 aliphatic carbocycles. The molecule has 0 fully saturated rings. The first-order valence-electron chi connectivity index (χ1n) is 7.69. The Kier molecular flexibility index (Phi) is 35.7. The first-order chi connectivity index (χ1) is 9.11. The molecule has 0 aromatic heterocycles. The summed E-state index contributed by atoms with van der Waals surface area (Å²) in [4.78, 5) is 4.33. The van der Waals surface area contributed by atoms with Gasteiger partial charge in [-0.1, -0.05) is 74.1 Å². The van der Waals surface area contributed by atoms with E-state index in [1.807, 2.05) is 60.8 Å². The number of aliphatic imine (C=N–C) groups is 1. The molecule has 0 radical (unpaired) electrons. The van der Waals surface area contributed by atoms with Gasteiger partial charge in [0.25, 0.3) is 0 Å². The van der Waals surface area contributed by atoms with E-state index in [1.54, 1.807) is 0 Å². The molecule has 0 amide bonds. The van der Waals surface area contributed by atoms with Crippen LogP contribution in [0.5, 0.6) is 0 Å². The number of hydrogen-bond acceptors (Lipinski definition) is 1. The fourth-order valence-electron chi connectivity index (χ4n) is 0.835.